The fourth-order valence-electron chi connectivity index (χ4n) is 1.63. The summed E-state index contributed by atoms with van der Waals surface area (Å²) in [5.74, 6) is -0.934. The van der Waals surface area contributed by atoms with Crippen LogP contribution in [0.15, 0.2) is 0 Å². The predicted molar refractivity (Wildman–Crippen MR) is 59.5 cm³/mol. The molecule has 1 N–H and O–H groups in total. The first-order chi connectivity index (χ1) is 7.50. The summed E-state index contributed by atoms with van der Waals surface area (Å²) in [6.45, 7) is 8.59. The van der Waals surface area contributed by atoms with Crippen LogP contribution in [0, 0.1) is 0 Å². The fraction of sp³-hybridized carbons (Fsp3) is 0.909. The second kappa shape index (κ2) is 6.18. The molecular formula is C11H21NO4. The number of rotatable bonds is 5. The second-order valence-corrected chi connectivity index (χ2v) is 4.40. The molecule has 5 nitrogen and oxygen atoms in total. The van der Waals surface area contributed by atoms with Crippen LogP contribution in [0.4, 0.5) is 0 Å². The Balaban J connectivity index is 2.29. The van der Waals surface area contributed by atoms with E-state index in [1.54, 1.807) is 0 Å². The van der Waals surface area contributed by atoms with Gasteiger partial charge in [-0.3, -0.25) is 4.90 Å². The maximum absolute atomic E-state index is 10.6. The molecule has 0 aliphatic carbocycles. The Morgan fingerprint density at radius 3 is 2.81 bits per heavy atom. The van der Waals surface area contributed by atoms with E-state index in [4.69, 9.17) is 14.6 Å². The summed E-state index contributed by atoms with van der Waals surface area (Å²) in [5, 5.41) is 8.68. The van der Waals surface area contributed by atoms with Gasteiger partial charge < -0.3 is 14.6 Å². The zero-order chi connectivity index (χ0) is 12.1. The molecule has 0 amide bonds. The number of ether oxygens (including phenoxy) is 2. The monoisotopic (exact) mass is 231 g/mol. The number of carboxylic acid groups (broad SMARTS) is 1. The van der Waals surface area contributed by atoms with E-state index in [0.29, 0.717) is 19.3 Å². The van der Waals surface area contributed by atoms with Crippen molar-refractivity contribution in [3.8, 4) is 0 Å². The predicted octanol–water partition coefficient (Wildman–Crippen LogP) is 0.585. The van der Waals surface area contributed by atoms with Crippen LogP contribution in [-0.2, 0) is 14.3 Å². The lowest BCUT2D eigenvalue weighted by molar-refractivity contribution is -0.153. The van der Waals surface area contributed by atoms with Gasteiger partial charge in [0.2, 0.25) is 0 Å². The molecule has 16 heavy (non-hydrogen) atoms. The van der Waals surface area contributed by atoms with E-state index in [1.165, 1.54) is 6.92 Å². The zero-order valence-electron chi connectivity index (χ0n) is 10.2. The molecule has 0 aromatic heterocycles. The molecule has 1 fully saturated rings. The van der Waals surface area contributed by atoms with Crippen molar-refractivity contribution in [1.29, 1.82) is 0 Å². The van der Waals surface area contributed by atoms with Crippen LogP contribution in [0.2, 0.25) is 0 Å². The maximum atomic E-state index is 10.6. The van der Waals surface area contributed by atoms with Gasteiger partial charge in [-0.2, -0.15) is 0 Å². The largest absolute Gasteiger partial charge is 0.479 e. The molecule has 0 spiro atoms. The zero-order valence-corrected chi connectivity index (χ0v) is 10.2. The lowest BCUT2D eigenvalue weighted by Gasteiger charge is -2.35. The number of hydrogen-bond acceptors (Lipinski definition) is 4. The van der Waals surface area contributed by atoms with Gasteiger partial charge in [0.25, 0.3) is 0 Å². The van der Waals surface area contributed by atoms with Crippen molar-refractivity contribution in [2.75, 3.05) is 26.3 Å². The van der Waals surface area contributed by atoms with Gasteiger partial charge in [-0.15, -0.1) is 0 Å². The van der Waals surface area contributed by atoms with Gasteiger partial charge in [0.1, 0.15) is 0 Å². The molecule has 0 radical (unpaired) electrons. The summed E-state index contributed by atoms with van der Waals surface area (Å²) < 4.78 is 10.7. The molecule has 1 heterocycles. The lowest BCUT2D eigenvalue weighted by Crippen LogP contribution is -2.47. The maximum Gasteiger partial charge on any atom is 0.332 e. The van der Waals surface area contributed by atoms with Crippen LogP contribution < -0.4 is 0 Å². The summed E-state index contributed by atoms with van der Waals surface area (Å²) >= 11 is 0. The molecular weight excluding hydrogens is 210 g/mol. The highest BCUT2D eigenvalue weighted by atomic mass is 16.5. The van der Waals surface area contributed by atoms with Crippen molar-refractivity contribution in [1.82, 2.24) is 4.90 Å². The highest BCUT2D eigenvalue weighted by Gasteiger charge is 2.23. The molecule has 0 aromatic carbocycles. The first kappa shape index (κ1) is 13.4. The Morgan fingerprint density at radius 2 is 2.25 bits per heavy atom. The van der Waals surface area contributed by atoms with Gasteiger partial charge in [-0.1, -0.05) is 0 Å². The van der Waals surface area contributed by atoms with Crippen molar-refractivity contribution >= 4 is 5.97 Å². The smallest absolute Gasteiger partial charge is 0.332 e. The summed E-state index contributed by atoms with van der Waals surface area (Å²) in [5.41, 5.74) is 0. The van der Waals surface area contributed by atoms with Gasteiger partial charge >= 0.3 is 5.97 Å². The molecule has 0 aromatic rings. The quantitative estimate of drug-likeness (QED) is 0.750. The van der Waals surface area contributed by atoms with Crippen LogP contribution in [0.1, 0.15) is 20.8 Å². The first-order valence-electron chi connectivity index (χ1n) is 5.70. The van der Waals surface area contributed by atoms with Crippen LogP contribution in [0.5, 0.6) is 0 Å². The number of nitrogens with zero attached hydrogens (tertiary/aromatic N) is 1. The third-order valence-electron chi connectivity index (χ3n) is 2.78. The third kappa shape index (κ3) is 4.08. The van der Waals surface area contributed by atoms with E-state index >= 15 is 0 Å². The van der Waals surface area contributed by atoms with Gasteiger partial charge in [0.05, 0.1) is 19.3 Å². The van der Waals surface area contributed by atoms with E-state index in [9.17, 15) is 4.79 Å². The molecule has 94 valence electrons. The molecule has 1 aliphatic heterocycles. The van der Waals surface area contributed by atoms with E-state index < -0.39 is 12.1 Å². The van der Waals surface area contributed by atoms with Crippen molar-refractivity contribution in [3.63, 3.8) is 0 Å². The number of morpholine rings is 1. The van der Waals surface area contributed by atoms with Crippen molar-refractivity contribution < 1.29 is 19.4 Å². The topological polar surface area (TPSA) is 59.0 Å². The van der Waals surface area contributed by atoms with E-state index in [1.807, 2.05) is 0 Å². The van der Waals surface area contributed by atoms with Crippen LogP contribution >= 0.6 is 0 Å². The Labute approximate surface area is 96.3 Å². The molecule has 5 heteroatoms. The normalized spacial score (nSPS) is 24.6. The minimum Gasteiger partial charge on any atom is -0.479 e. The third-order valence-corrected chi connectivity index (χ3v) is 2.78. The second-order valence-electron chi connectivity index (χ2n) is 4.40. The molecule has 1 saturated heterocycles. The van der Waals surface area contributed by atoms with Crippen LogP contribution in [0.25, 0.3) is 0 Å². The van der Waals surface area contributed by atoms with Crippen LogP contribution in [0.3, 0.4) is 0 Å². The van der Waals surface area contributed by atoms with Crippen LogP contribution in [-0.4, -0.2) is 60.5 Å². The van der Waals surface area contributed by atoms with E-state index in [-0.39, 0.29) is 6.10 Å². The van der Waals surface area contributed by atoms with Gasteiger partial charge in [-0.25, -0.2) is 4.79 Å². The van der Waals surface area contributed by atoms with E-state index in [2.05, 4.69) is 18.7 Å². The van der Waals surface area contributed by atoms with Crippen molar-refractivity contribution in [3.05, 3.63) is 0 Å². The molecule has 1 unspecified atom stereocenters. The highest BCUT2D eigenvalue weighted by molar-refractivity contribution is 5.71. The summed E-state index contributed by atoms with van der Waals surface area (Å²) in [6, 6.07) is 0.489. The Hall–Kier alpha value is -0.650. The Bertz CT molecular complexity index is 232. The summed E-state index contributed by atoms with van der Waals surface area (Å²) in [6.07, 6.45) is -0.782. The SMILES string of the molecule is CC(C)N1CCOC(CO[C@H](C)C(=O)O)C1. The average molecular weight is 231 g/mol. The fourth-order valence-corrected chi connectivity index (χ4v) is 1.63. The summed E-state index contributed by atoms with van der Waals surface area (Å²) in [4.78, 5) is 12.9. The van der Waals surface area contributed by atoms with Gasteiger partial charge in [0.15, 0.2) is 6.10 Å². The highest BCUT2D eigenvalue weighted by Crippen LogP contribution is 2.09. The van der Waals surface area contributed by atoms with Gasteiger partial charge in [0, 0.05) is 19.1 Å². The molecule has 0 bridgehead atoms. The minimum absolute atomic E-state index is 0.0158. The van der Waals surface area contributed by atoms with Crippen molar-refractivity contribution in [2.45, 2.75) is 39.0 Å². The van der Waals surface area contributed by atoms with Gasteiger partial charge in [-0.05, 0) is 20.8 Å². The molecule has 2 atom stereocenters. The minimum atomic E-state index is -0.934. The van der Waals surface area contributed by atoms with E-state index in [0.717, 1.165) is 13.1 Å². The number of hydrogen-bond donors (Lipinski definition) is 1. The Kier molecular flexibility index (Phi) is 5.18. The summed E-state index contributed by atoms with van der Waals surface area (Å²) in [7, 11) is 0. The molecule has 0 saturated carbocycles. The average Bonchev–Trinajstić information content (AvgIpc) is 2.26. The Morgan fingerprint density at radius 1 is 1.56 bits per heavy atom. The van der Waals surface area contributed by atoms with Crippen molar-refractivity contribution in [2.24, 2.45) is 0 Å². The molecule has 1 aliphatic rings. The number of carboxylic acids is 1. The number of carbonyl (C=O) groups is 1. The lowest BCUT2D eigenvalue weighted by atomic mass is 10.2. The number of aliphatic carboxylic acids is 1. The first-order valence-corrected chi connectivity index (χ1v) is 5.70. The standard InChI is InChI=1S/C11H21NO4/c1-8(2)12-4-5-15-10(6-12)7-16-9(3)11(13)14/h8-10H,4-7H2,1-3H3,(H,13,14)/t9-,10?/m1/s1. The molecule has 1 rings (SSSR count).